The molecule has 5 nitrogen and oxygen atoms in total. The zero-order valence-electron chi connectivity index (χ0n) is 7.74. The summed E-state index contributed by atoms with van der Waals surface area (Å²) in [5.41, 5.74) is 0. The Morgan fingerprint density at radius 1 is 1.54 bits per heavy atom. The van der Waals surface area contributed by atoms with E-state index in [9.17, 15) is 9.59 Å². The molecule has 13 heavy (non-hydrogen) atoms. The van der Waals surface area contributed by atoms with E-state index < -0.39 is 12.4 Å². The van der Waals surface area contributed by atoms with Crippen molar-refractivity contribution in [2.45, 2.75) is 26.7 Å². The molecular weight excluding hydrogens is 174 g/mol. The maximum Gasteiger partial charge on any atom is 0.317 e. The fourth-order valence-corrected chi connectivity index (χ4v) is 0.313. The average Bonchev–Trinajstić information content (AvgIpc) is 2.01. The highest BCUT2D eigenvalue weighted by Gasteiger charge is 1.87. The molecule has 0 aliphatic heterocycles. The Bertz CT molecular complexity index is 195. The molecule has 0 saturated heterocycles. The lowest BCUT2D eigenvalue weighted by Crippen LogP contribution is -1.98. The van der Waals surface area contributed by atoms with Crippen molar-refractivity contribution in [2.75, 3.05) is 6.61 Å². The smallest absolute Gasteiger partial charge is 0.317 e. The fraction of sp³-hybridized carbons (Fsp3) is 0.625. The van der Waals surface area contributed by atoms with Crippen LogP contribution in [0.5, 0.6) is 0 Å². The van der Waals surface area contributed by atoms with Gasteiger partial charge in [0, 0.05) is 6.92 Å². The van der Waals surface area contributed by atoms with E-state index in [1.165, 1.54) is 13.0 Å². The molecule has 0 aliphatic rings. The van der Waals surface area contributed by atoms with Crippen molar-refractivity contribution in [3.8, 4) is 6.07 Å². The van der Waals surface area contributed by atoms with Gasteiger partial charge in [0.15, 0.2) is 0 Å². The highest BCUT2D eigenvalue weighted by Crippen LogP contribution is 1.78. The minimum absolute atomic E-state index is 0.193. The van der Waals surface area contributed by atoms with Crippen LogP contribution in [0.25, 0.3) is 0 Å². The normalized spacial score (nSPS) is 7.46. The third kappa shape index (κ3) is 25.1. The molecule has 74 valence electrons. The highest BCUT2D eigenvalue weighted by atomic mass is 16.5. The Morgan fingerprint density at radius 3 is 2.15 bits per heavy atom. The van der Waals surface area contributed by atoms with Crippen LogP contribution < -0.4 is 0 Å². The summed E-state index contributed by atoms with van der Waals surface area (Å²) in [6, 6.07) is 1.47. The van der Waals surface area contributed by atoms with E-state index in [0.29, 0.717) is 6.61 Å². The van der Waals surface area contributed by atoms with Crippen LogP contribution in [0.4, 0.5) is 0 Å². The highest BCUT2D eigenvalue weighted by molar-refractivity contribution is 5.69. The van der Waals surface area contributed by atoms with Gasteiger partial charge in [-0.1, -0.05) is 6.92 Å². The zero-order chi connectivity index (χ0) is 10.7. The average molecular weight is 187 g/mol. The van der Waals surface area contributed by atoms with Crippen molar-refractivity contribution in [3.63, 3.8) is 0 Å². The number of hydrogen-bond acceptors (Lipinski definition) is 4. The van der Waals surface area contributed by atoms with Crippen LogP contribution >= 0.6 is 0 Å². The van der Waals surface area contributed by atoms with Gasteiger partial charge in [-0.25, -0.2) is 0 Å². The number of hydrogen-bond donors (Lipinski definition) is 1. The lowest BCUT2D eigenvalue weighted by molar-refractivity contribution is -0.141. The van der Waals surface area contributed by atoms with Gasteiger partial charge in [0.2, 0.25) is 0 Å². The zero-order valence-corrected chi connectivity index (χ0v) is 7.74. The monoisotopic (exact) mass is 187 g/mol. The van der Waals surface area contributed by atoms with E-state index in [1.54, 1.807) is 0 Å². The van der Waals surface area contributed by atoms with Gasteiger partial charge in [-0.15, -0.1) is 0 Å². The van der Waals surface area contributed by atoms with Crippen LogP contribution in [0, 0.1) is 11.3 Å². The number of ether oxygens (including phenoxy) is 1. The third-order valence-corrected chi connectivity index (χ3v) is 0.740. The van der Waals surface area contributed by atoms with Gasteiger partial charge in [0.05, 0.1) is 12.7 Å². The number of carboxylic acids is 1. The summed E-state index contributed by atoms with van der Waals surface area (Å²) in [6.45, 7) is 3.92. The molecule has 0 rings (SSSR count). The molecule has 0 bridgehead atoms. The number of carboxylic acid groups (broad SMARTS) is 1. The van der Waals surface area contributed by atoms with Crippen molar-refractivity contribution >= 4 is 11.9 Å². The number of carbonyl (C=O) groups excluding carboxylic acids is 1. The molecule has 0 fully saturated rings. The Kier molecular flexibility index (Phi) is 11.2. The number of nitriles is 1. The van der Waals surface area contributed by atoms with Crippen molar-refractivity contribution < 1.29 is 19.4 Å². The van der Waals surface area contributed by atoms with E-state index in [2.05, 4.69) is 4.74 Å². The Hall–Kier alpha value is -1.57. The summed E-state index contributed by atoms with van der Waals surface area (Å²) < 4.78 is 4.55. The first-order valence-corrected chi connectivity index (χ1v) is 3.76. The molecule has 0 unspecified atom stereocenters. The van der Waals surface area contributed by atoms with Crippen LogP contribution in [0.15, 0.2) is 0 Å². The molecule has 0 aromatic heterocycles. The summed E-state index contributed by atoms with van der Waals surface area (Å²) in [5.74, 6) is -1.26. The molecule has 0 spiro atoms. The Balaban J connectivity index is 0. The molecule has 0 radical (unpaired) electrons. The van der Waals surface area contributed by atoms with Crippen LogP contribution in [0.1, 0.15) is 26.7 Å². The molecule has 0 aromatic carbocycles. The molecule has 0 amide bonds. The second-order valence-electron chi connectivity index (χ2n) is 2.07. The quantitative estimate of drug-likeness (QED) is 0.664. The molecule has 5 heteroatoms. The predicted molar refractivity (Wildman–Crippen MR) is 44.8 cm³/mol. The fourth-order valence-electron chi connectivity index (χ4n) is 0.313. The van der Waals surface area contributed by atoms with Gasteiger partial charge in [0.1, 0.15) is 6.42 Å². The van der Waals surface area contributed by atoms with Gasteiger partial charge in [0.25, 0.3) is 0 Å². The number of carbonyl (C=O) groups is 2. The van der Waals surface area contributed by atoms with E-state index in [4.69, 9.17) is 10.4 Å². The minimum atomic E-state index is -1.07. The molecule has 0 aromatic rings. The van der Waals surface area contributed by atoms with Gasteiger partial charge in [-0.3, -0.25) is 9.59 Å². The number of nitrogens with zero attached hydrogens (tertiary/aromatic N) is 1. The summed E-state index contributed by atoms with van der Waals surface area (Å²) in [7, 11) is 0. The van der Waals surface area contributed by atoms with Crippen molar-refractivity contribution in [1.29, 1.82) is 5.26 Å². The molecule has 0 atom stereocenters. The van der Waals surface area contributed by atoms with E-state index in [1.807, 2.05) is 6.92 Å². The van der Waals surface area contributed by atoms with Crippen molar-refractivity contribution in [1.82, 2.24) is 0 Å². The first kappa shape index (κ1) is 14.0. The van der Waals surface area contributed by atoms with Gasteiger partial charge in [-0.05, 0) is 6.42 Å². The summed E-state index contributed by atoms with van der Waals surface area (Å²) in [5, 5.41) is 15.3. The first-order valence-electron chi connectivity index (χ1n) is 3.76. The van der Waals surface area contributed by atoms with Crippen molar-refractivity contribution in [2.24, 2.45) is 0 Å². The summed E-state index contributed by atoms with van der Waals surface area (Å²) in [6.07, 6.45) is 0.500. The first-order chi connectivity index (χ1) is 6.04. The van der Waals surface area contributed by atoms with E-state index >= 15 is 0 Å². The molecule has 0 saturated carbocycles. The maximum atomic E-state index is 9.98. The molecular formula is C8H13NO4. The van der Waals surface area contributed by atoms with Gasteiger partial charge in [-0.2, -0.15) is 5.26 Å². The summed E-state index contributed by atoms with van der Waals surface area (Å²) >= 11 is 0. The summed E-state index contributed by atoms with van der Waals surface area (Å²) in [4.78, 5) is 19.4. The van der Waals surface area contributed by atoms with Crippen molar-refractivity contribution in [3.05, 3.63) is 0 Å². The standard InChI is InChI=1S/C5H10O2.C3H3NO2/c1-3-4-7-5(2)6;4-2-1-3(5)6/h3-4H2,1-2H3;1H2,(H,5,6). The third-order valence-electron chi connectivity index (χ3n) is 0.740. The van der Waals surface area contributed by atoms with E-state index in [-0.39, 0.29) is 5.97 Å². The molecule has 0 aliphatic carbocycles. The van der Waals surface area contributed by atoms with Crippen LogP contribution in [0.3, 0.4) is 0 Å². The van der Waals surface area contributed by atoms with Gasteiger partial charge < -0.3 is 9.84 Å². The lowest BCUT2D eigenvalue weighted by atomic mass is 10.5. The van der Waals surface area contributed by atoms with Gasteiger partial charge >= 0.3 is 11.9 Å². The topological polar surface area (TPSA) is 87.4 Å². The SMILES string of the molecule is CCCOC(C)=O.N#CCC(=O)O. The molecule has 0 heterocycles. The van der Waals surface area contributed by atoms with E-state index in [0.717, 1.165) is 6.42 Å². The number of rotatable bonds is 3. The largest absolute Gasteiger partial charge is 0.480 e. The number of esters is 1. The van der Waals surface area contributed by atoms with Crippen LogP contribution in [-0.4, -0.2) is 23.7 Å². The minimum Gasteiger partial charge on any atom is -0.480 e. The van der Waals surface area contributed by atoms with Crippen LogP contribution in [-0.2, 0) is 14.3 Å². The Labute approximate surface area is 76.9 Å². The maximum absolute atomic E-state index is 9.98. The molecule has 1 N–H and O–H groups in total. The van der Waals surface area contributed by atoms with Crippen LogP contribution in [0.2, 0.25) is 0 Å². The second-order valence-corrected chi connectivity index (χ2v) is 2.07. The Morgan fingerprint density at radius 2 is 2.08 bits per heavy atom. The lowest BCUT2D eigenvalue weighted by Gasteiger charge is -1.93. The number of aliphatic carboxylic acids is 1. The predicted octanol–water partition coefficient (Wildman–Crippen LogP) is 0.944. The second kappa shape index (κ2) is 10.4.